The quantitative estimate of drug-likeness (QED) is 0.665. The third kappa shape index (κ3) is 4.51. The van der Waals surface area contributed by atoms with Gasteiger partial charge in [-0.1, -0.05) is 29.6 Å². The molecular formula is C17H19N3O5S2. The van der Waals surface area contributed by atoms with E-state index in [1.54, 1.807) is 30.3 Å². The number of ether oxygens (including phenoxy) is 1. The highest BCUT2D eigenvalue weighted by molar-refractivity contribution is 7.91. The lowest BCUT2D eigenvalue weighted by Gasteiger charge is -2.28. The van der Waals surface area contributed by atoms with Crippen LogP contribution in [0.25, 0.3) is 0 Å². The maximum absolute atomic E-state index is 12.8. The van der Waals surface area contributed by atoms with E-state index in [1.807, 2.05) is 6.92 Å². The van der Waals surface area contributed by atoms with Crippen LogP contribution in [0.3, 0.4) is 0 Å². The maximum Gasteiger partial charge on any atom is 0.352 e. The van der Waals surface area contributed by atoms with Crippen molar-refractivity contribution in [3.63, 3.8) is 0 Å². The Kier molecular flexibility index (Phi) is 5.85. The number of hydrogen-bond acceptors (Lipinski definition) is 8. The van der Waals surface area contributed by atoms with Crippen LogP contribution in [0.4, 0.5) is 5.69 Å². The predicted molar refractivity (Wildman–Crippen MR) is 101 cm³/mol. The van der Waals surface area contributed by atoms with E-state index >= 15 is 0 Å². The summed E-state index contributed by atoms with van der Waals surface area (Å²) in [5.41, 5.74) is 1.11. The predicted octanol–water partition coefficient (Wildman–Crippen LogP) is 1.48. The molecule has 10 heteroatoms. The van der Waals surface area contributed by atoms with E-state index in [1.165, 1.54) is 4.90 Å². The number of carbonyl (C=O) groups excluding carboxylic acids is 2. The normalized spacial score (nSPS) is 18.2. The highest BCUT2D eigenvalue weighted by Crippen LogP contribution is 2.25. The van der Waals surface area contributed by atoms with E-state index in [4.69, 9.17) is 4.74 Å². The van der Waals surface area contributed by atoms with E-state index < -0.39 is 34.4 Å². The maximum atomic E-state index is 12.8. The van der Waals surface area contributed by atoms with Crippen molar-refractivity contribution in [2.75, 3.05) is 23.0 Å². The molecule has 1 aliphatic heterocycles. The van der Waals surface area contributed by atoms with Crippen molar-refractivity contribution in [2.45, 2.75) is 25.8 Å². The molecule has 1 aromatic carbocycles. The van der Waals surface area contributed by atoms with E-state index in [2.05, 4.69) is 9.59 Å². The van der Waals surface area contributed by atoms with Gasteiger partial charge in [0.2, 0.25) is 0 Å². The molecule has 144 valence electrons. The molecule has 8 nitrogen and oxygen atoms in total. The number of aromatic nitrogens is 2. The number of amides is 1. The minimum absolute atomic E-state index is 0.0421. The van der Waals surface area contributed by atoms with E-state index in [0.717, 1.165) is 11.5 Å². The molecule has 0 unspecified atom stereocenters. The highest BCUT2D eigenvalue weighted by atomic mass is 32.2. The van der Waals surface area contributed by atoms with Gasteiger partial charge in [-0.25, -0.2) is 13.2 Å². The van der Waals surface area contributed by atoms with Crippen molar-refractivity contribution in [3.8, 4) is 0 Å². The third-order valence-electron chi connectivity index (χ3n) is 4.28. The molecule has 1 aliphatic rings. The molecule has 0 N–H and O–H groups in total. The molecule has 1 atom stereocenters. The van der Waals surface area contributed by atoms with Crippen molar-refractivity contribution >= 4 is 38.9 Å². The van der Waals surface area contributed by atoms with Gasteiger partial charge in [-0.15, -0.1) is 5.10 Å². The Labute approximate surface area is 161 Å². The first-order valence-corrected chi connectivity index (χ1v) is 11.1. The molecule has 1 saturated heterocycles. The Morgan fingerprint density at radius 2 is 2.04 bits per heavy atom. The van der Waals surface area contributed by atoms with Gasteiger partial charge in [-0.3, -0.25) is 4.79 Å². The van der Waals surface area contributed by atoms with Crippen molar-refractivity contribution in [1.29, 1.82) is 0 Å². The fraction of sp³-hybridized carbons (Fsp3) is 0.412. The number of rotatable bonds is 6. The van der Waals surface area contributed by atoms with Crippen LogP contribution in [-0.4, -0.2) is 54.0 Å². The second-order valence-corrected chi connectivity index (χ2v) is 9.12. The van der Waals surface area contributed by atoms with Crippen molar-refractivity contribution < 1.29 is 22.7 Å². The molecule has 2 aromatic rings. The van der Waals surface area contributed by atoms with Gasteiger partial charge >= 0.3 is 5.97 Å². The van der Waals surface area contributed by atoms with Crippen LogP contribution in [0.5, 0.6) is 0 Å². The van der Waals surface area contributed by atoms with Crippen LogP contribution in [0.15, 0.2) is 30.3 Å². The van der Waals surface area contributed by atoms with Crippen LogP contribution < -0.4 is 4.90 Å². The first-order valence-electron chi connectivity index (χ1n) is 8.47. The Hall–Kier alpha value is -2.33. The molecule has 0 aliphatic carbocycles. The van der Waals surface area contributed by atoms with Gasteiger partial charge in [0.1, 0.15) is 0 Å². The first-order chi connectivity index (χ1) is 12.9. The lowest BCUT2D eigenvalue weighted by Crippen LogP contribution is -2.43. The fourth-order valence-corrected chi connectivity index (χ4v) is 5.33. The molecular weight excluding hydrogens is 390 g/mol. The monoisotopic (exact) mass is 409 g/mol. The Balaban J connectivity index is 1.74. The number of sulfone groups is 1. The molecule has 27 heavy (non-hydrogen) atoms. The van der Waals surface area contributed by atoms with Crippen LogP contribution >= 0.6 is 11.5 Å². The number of anilines is 1. The molecule has 0 saturated carbocycles. The van der Waals surface area contributed by atoms with Gasteiger partial charge < -0.3 is 9.64 Å². The van der Waals surface area contributed by atoms with E-state index in [0.29, 0.717) is 24.2 Å². The summed E-state index contributed by atoms with van der Waals surface area (Å²) < 4.78 is 32.6. The lowest BCUT2D eigenvalue weighted by atomic mass is 10.2. The number of esters is 1. The average Bonchev–Trinajstić information content (AvgIpc) is 3.27. The van der Waals surface area contributed by atoms with Crippen molar-refractivity contribution in [3.05, 3.63) is 40.9 Å². The summed E-state index contributed by atoms with van der Waals surface area (Å²) >= 11 is 0.924. The minimum Gasteiger partial charge on any atom is -0.451 e. The Bertz CT molecular complexity index is 927. The van der Waals surface area contributed by atoms with Gasteiger partial charge in [-0.05, 0) is 36.5 Å². The summed E-state index contributed by atoms with van der Waals surface area (Å²) in [6.45, 7) is 1.36. The Morgan fingerprint density at radius 1 is 1.30 bits per heavy atom. The third-order valence-corrected chi connectivity index (χ3v) is 6.78. The highest BCUT2D eigenvalue weighted by Gasteiger charge is 2.36. The van der Waals surface area contributed by atoms with Crippen LogP contribution in [0.1, 0.15) is 28.7 Å². The molecule has 3 rings (SSSR count). The second-order valence-electron chi connectivity index (χ2n) is 6.13. The summed E-state index contributed by atoms with van der Waals surface area (Å²) in [5.74, 6) is -1.17. The second kappa shape index (κ2) is 8.13. The van der Waals surface area contributed by atoms with E-state index in [9.17, 15) is 18.0 Å². The number of nitrogens with zero attached hydrogens (tertiary/aromatic N) is 3. The number of carbonyl (C=O) groups is 2. The zero-order valence-electron chi connectivity index (χ0n) is 14.7. The summed E-state index contributed by atoms with van der Waals surface area (Å²) in [5, 5.41) is 3.85. The van der Waals surface area contributed by atoms with Gasteiger partial charge in [0.05, 0.1) is 23.2 Å². The van der Waals surface area contributed by atoms with Crippen LogP contribution in [0, 0.1) is 0 Å². The van der Waals surface area contributed by atoms with Crippen molar-refractivity contribution in [1.82, 2.24) is 9.59 Å². The molecule has 0 bridgehead atoms. The molecule has 1 aromatic heterocycles. The van der Waals surface area contributed by atoms with Gasteiger partial charge in [0.15, 0.2) is 21.3 Å². The SMILES string of the molecule is CCc1nnsc1C(=O)OCC(=O)N(c1ccccc1)[C@H]1CCS(=O)(=O)C1. The minimum atomic E-state index is -3.17. The van der Waals surface area contributed by atoms with Crippen LogP contribution in [-0.2, 0) is 25.8 Å². The van der Waals surface area contributed by atoms with Crippen LogP contribution in [0.2, 0.25) is 0 Å². The first kappa shape index (κ1) is 19.4. The zero-order chi connectivity index (χ0) is 19.4. The van der Waals surface area contributed by atoms with Gasteiger partial charge in [0, 0.05) is 5.69 Å². The van der Waals surface area contributed by atoms with E-state index in [-0.39, 0.29) is 16.4 Å². The smallest absolute Gasteiger partial charge is 0.352 e. The largest absolute Gasteiger partial charge is 0.451 e. The molecule has 1 fully saturated rings. The van der Waals surface area contributed by atoms with Crippen molar-refractivity contribution in [2.24, 2.45) is 0 Å². The molecule has 0 radical (unpaired) electrons. The zero-order valence-corrected chi connectivity index (χ0v) is 16.3. The summed E-state index contributed by atoms with van der Waals surface area (Å²) in [7, 11) is -3.17. The number of benzene rings is 1. The number of hydrogen-bond donors (Lipinski definition) is 0. The molecule has 1 amide bonds. The summed E-state index contributed by atoms with van der Waals surface area (Å²) in [4.78, 5) is 26.7. The summed E-state index contributed by atoms with van der Waals surface area (Å²) in [6.07, 6.45) is 0.889. The van der Waals surface area contributed by atoms with Gasteiger partial charge in [0.25, 0.3) is 5.91 Å². The Morgan fingerprint density at radius 3 is 2.67 bits per heavy atom. The van der Waals surface area contributed by atoms with Gasteiger partial charge in [-0.2, -0.15) is 0 Å². The number of para-hydroxylation sites is 1. The standard InChI is InChI=1S/C17H19N3O5S2/c1-2-14-16(26-19-18-14)17(22)25-10-15(21)20(12-6-4-3-5-7-12)13-8-9-27(23,24)11-13/h3-7,13H,2,8-11H2,1H3/t13-/m0/s1. The lowest BCUT2D eigenvalue weighted by molar-refractivity contribution is -0.122. The topological polar surface area (TPSA) is 107 Å². The molecule has 0 spiro atoms. The molecule has 2 heterocycles. The average molecular weight is 409 g/mol. The fourth-order valence-electron chi connectivity index (χ4n) is 2.98. The summed E-state index contributed by atoms with van der Waals surface area (Å²) in [6, 6.07) is 8.32. The number of aryl methyl sites for hydroxylation is 1.